The molecule has 25 heavy (non-hydrogen) atoms. The average molecular weight is 451 g/mol. The zero-order valence-corrected chi connectivity index (χ0v) is 19.1. The third kappa shape index (κ3) is 6.55. The molecule has 4 nitrogen and oxygen atoms in total. The molecule has 0 radical (unpaired) electrons. The molecule has 0 bridgehead atoms. The van der Waals surface area contributed by atoms with Gasteiger partial charge >= 0.3 is 29.6 Å². The van der Waals surface area contributed by atoms with Crippen molar-refractivity contribution < 1.29 is 43.1 Å². The van der Waals surface area contributed by atoms with Gasteiger partial charge in [0.25, 0.3) is 10.0 Å². The Labute approximate surface area is 183 Å². The molecule has 0 amide bonds. The van der Waals surface area contributed by atoms with Crippen LogP contribution in [-0.4, -0.2) is 14.3 Å². The van der Waals surface area contributed by atoms with E-state index >= 15 is 0 Å². The van der Waals surface area contributed by atoms with Crippen LogP contribution >= 0.6 is 27.5 Å². The summed E-state index contributed by atoms with van der Waals surface area (Å²) >= 11 is 9.15. The van der Waals surface area contributed by atoms with Crippen molar-refractivity contribution in [3.63, 3.8) is 0 Å². The van der Waals surface area contributed by atoms with E-state index in [0.717, 1.165) is 22.1 Å². The summed E-state index contributed by atoms with van der Waals surface area (Å²) in [7, 11) is -4.06. The molecule has 0 N–H and O–H groups in total. The Hall–Kier alpha value is -0.630. The molecule has 0 saturated carbocycles. The molecule has 0 saturated heterocycles. The molecule has 8 heteroatoms. The molecule has 0 heterocycles. The van der Waals surface area contributed by atoms with E-state index in [4.69, 9.17) is 11.6 Å². The van der Waals surface area contributed by atoms with Gasteiger partial charge in [0.15, 0.2) is 0 Å². The summed E-state index contributed by atoms with van der Waals surface area (Å²) in [6.07, 6.45) is 1.42. The van der Waals surface area contributed by atoms with Crippen molar-refractivity contribution in [2.75, 3.05) is 0 Å². The Balaban J connectivity index is 0.00000312. The van der Waals surface area contributed by atoms with E-state index in [9.17, 15) is 13.5 Å². The topological polar surface area (TPSA) is 69.6 Å². The average Bonchev–Trinajstić information content (AvgIpc) is 2.45. The first-order valence-electron chi connectivity index (χ1n) is 6.91. The van der Waals surface area contributed by atoms with E-state index < -0.39 is 15.9 Å². The van der Waals surface area contributed by atoms with Gasteiger partial charge in [0.05, 0.1) is 5.41 Å². The minimum Gasteiger partial charge on any atom is -0.858 e. The number of halogens is 2. The van der Waals surface area contributed by atoms with Crippen LogP contribution in [0, 0.1) is 13.8 Å². The standard InChI is InChI=1S/C17H15BrClNO3S.Na/c1-11-3-4-13(12(2)9-11)7-8-24(22,23)20-17(21)15-6-5-14(18)10-16(15)19;/h3-10H,1-2H3,(H,20,21);/q;+1/p-1/b8-7+;. The van der Waals surface area contributed by atoms with Gasteiger partial charge in [-0.05, 0) is 43.2 Å². The van der Waals surface area contributed by atoms with Gasteiger partial charge in [0.1, 0.15) is 0 Å². The molecule has 0 fully saturated rings. The van der Waals surface area contributed by atoms with Crippen molar-refractivity contribution in [1.29, 1.82) is 0 Å². The third-order valence-corrected chi connectivity index (χ3v) is 4.92. The number of benzene rings is 2. The first-order chi connectivity index (χ1) is 11.2. The molecule has 0 aromatic heterocycles. The van der Waals surface area contributed by atoms with Crippen molar-refractivity contribution in [2.45, 2.75) is 13.8 Å². The van der Waals surface area contributed by atoms with Gasteiger partial charge in [-0.25, -0.2) is 0 Å². The summed E-state index contributed by atoms with van der Waals surface area (Å²) in [5.41, 5.74) is 2.79. The molecular weight excluding hydrogens is 437 g/mol. The summed E-state index contributed by atoms with van der Waals surface area (Å²) in [5.74, 6) is -0.905. The van der Waals surface area contributed by atoms with Gasteiger partial charge in [0, 0.05) is 21.0 Å². The van der Waals surface area contributed by atoms with E-state index in [-0.39, 0.29) is 40.1 Å². The van der Waals surface area contributed by atoms with Crippen LogP contribution < -0.4 is 34.7 Å². The fourth-order valence-electron chi connectivity index (χ4n) is 2.03. The van der Waals surface area contributed by atoms with Crippen LogP contribution in [0.2, 0.25) is 5.02 Å². The van der Waals surface area contributed by atoms with E-state index in [1.165, 1.54) is 18.2 Å². The van der Waals surface area contributed by atoms with Crippen LogP contribution in [0.5, 0.6) is 0 Å². The number of hydrogen-bond acceptors (Lipinski definition) is 3. The van der Waals surface area contributed by atoms with E-state index in [1.54, 1.807) is 6.07 Å². The number of nitrogens with zero attached hydrogens (tertiary/aromatic N) is 1. The predicted octanol–water partition coefficient (Wildman–Crippen LogP) is 0.831. The zero-order chi connectivity index (χ0) is 17.9. The molecule has 0 spiro atoms. The van der Waals surface area contributed by atoms with Crippen molar-refractivity contribution in [3.05, 3.63) is 73.6 Å². The maximum atomic E-state index is 12.0. The second kappa shape index (κ2) is 9.35. The van der Waals surface area contributed by atoms with E-state index in [1.807, 2.05) is 32.0 Å². The quantitative estimate of drug-likeness (QED) is 0.394. The largest absolute Gasteiger partial charge is 1.00 e. The van der Waals surface area contributed by atoms with Crippen molar-refractivity contribution in [2.24, 2.45) is 4.40 Å². The molecule has 0 aliphatic rings. The SMILES string of the molecule is Cc1ccc(/C=C/S(=O)(=O)/N=C(\[O-])c2ccc(Br)cc2Cl)c(C)c1.[Na+]. The molecule has 0 unspecified atom stereocenters. The minimum absolute atomic E-state index is 0. The van der Waals surface area contributed by atoms with Gasteiger partial charge in [-0.2, -0.15) is 12.8 Å². The third-order valence-electron chi connectivity index (χ3n) is 3.22. The van der Waals surface area contributed by atoms with Crippen LogP contribution in [-0.2, 0) is 10.0 Å². The molecule has 0 aliphatic carbocycles. The van der Waals surface area contributed by atoms with Crippen LogP contribution in [0.1, 0.15) is 22.3 Å². The van der Waals surface area contributed by atoms with E-state index in [2.05, 4.69) is 20.3 Å². The zero-order valence-electron chi connectivity index (χ0n) is 14.0. The number of hydrogen-bond donors (Lipinski definition) is 0. The number of aryl methyl sites for hydroxylation is 2. The van der Waals surface area contributed by atoms with Crippen LogP contribution in [0.15, 0.2) is 50.7 Å². The van der Waals surface area contributed by atoms with Gasteiger partial charge in [-0.3, -0.25) is 0 Å². The Morgan fingerprint density at radius 3 is 2.48 bits per heavy atom. The molecule has 2 aromatic rings. The van der Waals surface area contributed by atoms with Gasteiger partial charge in [0.2, 0.25) is 0 Å². The maximum absolute atomic E-state index is 12.0. The molecule has 2 aromatic carbocycles. The fourth-order valence-corrected chi connectivity index (χ4v) is 3.49. The van der Waals surface area contributed by atoms with Crippen molar-refractivity contribution in [1.82, 2.24) is 0 Å². The second-order valence-corrected chi connectivity index (χ2v) is 8.01. The van der Waals surface area contributed by atoms with Crippen LogP contribution in [0.4, 0.5) is 0 Å². The number of sulfonamides is 1. The van der Waals surface area contributed by atoms with Gasteiger partial charge in [-0.1, -0.05) is 57.4 Å². The first-order valence-corrected chi connectivity index (χ1v) is 9.58. The van der Waals surface area contributed by atoms with Gasteiger partial charge < -0.3 is 5.11 Å². The molecule has 2 rings (SSSR count). The molecular formula is C17H14BrClNNaO3S. The summed E-state index contributed by atoms with van der Waals surface area (Å²) in [6.45, 7) is 3.83. The Kier molecular flexibility index (Phi) is 8.38. The maximum Gasteiger partial charge on any atom is 1.00 e. The predicted molar refractivity (Wildman–Crippen MR) is 99.6 cm³/mol. The Morgan fingerprint density at radius 1 is 1.20 bits per heavy atom. The summed E-state index contributed by atoms with van der Waals surface area (Å²) < 4.78 is 28.0. The molecule has 0 aliphatic heterocycles. The molecule has 126 valence electrons. The summed E-state index contributed by atoms with van der Waals surface area (Å²) in [6, 6.07) is 10.1. The van der Waals surface area contributed by atoms with Crippen LogP contribution in [0.3, 0.4) is 0 Å². The molecule has 0 atom stereocenters. The first kappa shape index (κ1) is 22.4. The van der Waals surface area contributed by atoms with Gasteiger partial charge in [-0.15, -0.1) is 0 Å². The summed E-state index contributed by atoms with van der Waals surface area (Å²) in [5, 5.41) is 13.1. The minimum atomic E-state index is -4.06. The Morgan fingerprint density at radius 2 is 1.88 bits per heavy atom. The normalized spacial score (nSPS) is 12.2. The fraction of sp³-hybridized carbons (Fsp3) is 0.118. The van der Waals surface area contributed by atoms with Crippen molar-refractivity contribution >= 4 is 49.5 Å². The van der Waals surface area contributed by atoms with E-state index in [0.29, 0.717) is 4.47 Å². The summed E-state index contributed by atoms with van der Waals surface area (Å²) in [4.78, 5) is 0. The number of rotatable bonds is 4. The van der Waals surface area contributed by atoms with Crippen molar-refractivity contribution in [3.8, 4) is 0 Å². The second-order valence-electron chi connectivity index (χ2n) is 5.20. The smallest absolute Gasteiger partial charge is 0.858 e. The Bertz CT molecular complexity index is 943. The van der Waals surface area contributed by atoms with Crippen LogP contribution in [0.25, 0.3) is 6.08 Å². The monoisotopic (exact) mass is 449 g/mol.